The number of halogens is 1. The summed E-state index contributed by atoms with van der Waals surface area (Å²) in [6.45, 7) is 4.55. The Balaban J connectivity index is 1.46. The molecule has 0 amide bonds. The number of rotatable bonds is 2. The second-order valence-corrected chi connectivity index (χ2v) is 9.04. The van der Waals surface area contributed by atoms with Crippen LogP contribution in [0.4, 0.5) is 11.4 Å². The van der Waals surface area contributed by atoms with Gasteiger partial charge in [0.15, 0.2) is 0 Å². The van der Waals surface area contributed by atoms with E-state index in [1.807, 2.05) is 6.07 Å². The zero-order valence-corrected chi connectivity index (χ0v) is 17.6. The molecule has 0 saturated heterocycles. The maximum atomic E-state index is 6.31. The molecule has 4 aromatic carbocycles. The van der Waals surface area contributed by atoms with E-state index in [4.69, 9.17) is 11.6 Å². The van der Waals surface area contributed by atoms with Crippen LogP contribution in [0.1, 0.15) is 25.0 Å². The van der Waals surface area contributed by atoms with E-state index in [1.54, 1.807) is 0 Å². The van der Waals surface area contributed by atoms with Gasteiger partial charge < -0.3 is 10.3 Å². The molecule has 0 atom stereocenters. The Kier molecular flexibility index (Phi) is 3.60. The minimum atomic E-state index is -0.0830. The van der Waals surface area contributed by atoms with Gasteiger partial charge in [0, 0.05) is 32.4 Å². The molecule has 1 aliphatic rings. The number of hydrogen-bond donors (Lipinski definition) is 2. The van der Waals surface area contributed by atoms with Crippen LogP contribution in [-0.2, 0) is 5.41 Å². The number of fused-ring (bicyclic) bond motifs is 6. The Morgan fingerprint density at radius 3 is 2.37 bits per heavy atom. The molecule has 0 radical (unpaired) electrons. The molecule has 5 aromatic rings. The molecule has 146 valence electrons. The average Bonchev–Trinajstić information content (AvgIpc) is 3.23. The van der Waals surface area contributed by atoms with Gasteiger partial charge in [-0.3, -0.25) is 0 Å². The van der Waals surface area contributed by atoms with E-state index in [-0.39, 0.29) is 5.41 Å². The number of nitrogens with one attached hydrogen (secondary N) is 2. The van der Waals surface area contributed by atoms with Crippen LogP contribution >= 0.6 is 11.6 Å². The van der Waals surface area contributed by atoms with E-state index >= 15 is 0 Å². The molecule has 2 N–H and O–H groups in total. The molecule has 0 spiro atoms. The summed E-state index contributed by atoms with van der Waals surface area (Å²) in [5.41, 5.74) is 9.57. The van der Waals surface area contributed by atoms with Crippen LogP contribution in [0.3, 0.4) is 0 Å². The lowest BCUT2D eigenvalue weighted by Gasteiger charge is -2.22. The van der Waals surface area contributed by atoms with Crippen LogP contribution in [0.5, 0.6) is 0 Å². The highest BCUT2D eigenvalue weighted by Gasteiger charge is 2.35. The van der Waals surface area contributed by atoms with Gasteiger partial charge in [0.25, 0.3) is 0 Å². The summed E-state index contributed by atoms with van der Waals surface area (Å²) < 4.78 is 0. The maximum absolute atomic E-state index is 6.31. The largest absolute Gasteiger partial charge is 0.354 e. The third-order valence-corrected chi connectivity index (χ3v) is 6.69. The predicted molar refractivity (Wildman–Crippen MR) is 128 cm³/mol. The van der Waals surface area contributed by atoms with Crippen LogP contribution < -0.4 is 5.32 Å². The van der Waals surface area contributed by atoms with E-state index in [0.717, 1.165) is 27.4 Å². The number of benzene rings is 4. The van der Waals surface area contributed by atoms with Crippen LogP contribution in [0.15, 0.2) is 78.9 Å². The van der Waals surface area contributed by atoms with E-state index in [1.165, 1.54) is 33.0 Å². The van der Waals surface area contributed by atoms with Gasteiger partial charge in [-0.1, -0.05) is 67.9 Å². The van der Waals surface area contributed by atoms with Crippen LogP contribution in [0.25, 0.3) is 32.9 Å². The SMILES string of the molecule is CC1(C)c2cc(Cl)ccc2-c2ccc(Nc3cccc4c3[nH]c3ccccc34)cc21. The first-order chi connectivity index (χ1) is 14.5. The number of anilines is 2. The summed E-state index contributed by atoms with van der Waals surface area (Å²) in [7, 11) is 0. The molecule has 0 saturated carbocycles. The highest BCUT2D eigenvalue weighted by Crippen LogP contribution is 2.50. The third-order valence-electron chi connectivity index (χ3n) is 6.46. The van der Waals surface area contributed by atoms with E-state index < -0.39 is 0 Å². The molecular formula is C27H21ClN2. The van der Waals surface area contributed by atoms with E-state index in [0.29, 0.717) is 0 Å². The van der Waals surface area contributed by atoms with Crippen LogP contribution in [-0.4, -0.2) is 4.98 Å². The molecule has 1 heterocycles. The molecule has 2 nitrogen and oxygen atoms in total. The van der Waals surface area contributed by atoms with Crippen molar-refractivity contribution in [3.63, 3.8) is 0 Å². The van der Waals surface area contributed by atoms with Gasteiger partial charge in [-0.05, 0) is 58.7 Å². The van der Waals surface area contributed by atoms with Gasteiger partial charge in [-0.2, -0.15) is 0 Å². The van der Waals surface area contributed by atoms with Gasteiger partial charge in [0.1, 0.15) is 0 Å². The zero-order chi connectivity index (χ0) is 20.5. The highest BCUT2D eigenvalue weighted by atomic mass is 35.5. The lowest BCUT2D eigenvalue weighted by molar-refractivity contribution is 0.660. The monoisotopic (exact) mass is 408 g/mol. The maximum Gasteiger partial charge on any atom is 0.0704 e. The fraction of sp³-hybridized carbons (Fsp3) is 0.111. The summed E-state index contributed by atoms with van der Waals surface area (Å²) in [4.78, 5) is 3.58. The number of H-pyrrole nitrogens is 1. The second kappa shape index (κ2) is 6.13. The Bertz CT molecular complexity index is 1460. The number of aromatic nitrogens is 1. The first-order valence-corrected chi connectivity index (χ1v) is 10.6. The van der Waals surface area contributed by atoms with Gasteiger partial charge in [0.05, 0.1) is 11.2 Å². The lowest BCUT2D eigenvalue weighted by Crippen LogP contribution is -2.15. The molecule has 3 heteroatoms. The van der Waals surface area contributed by atoms with Crippen molar-refractivity contribution in [1.29, 1.82) is 0 Å². The van der Waals surface area contributed by atoms with Crippen molar-refractivity contribution in [3.05, 3.63) is 95.0 Å². The van der Waals surface area contributed by atoms with Crippen molar-refractivity contribution in [2.24, 2.45) is 0 Å². The fourth-order valence-corrected chi connectivity index (χ4v) is 5.09. The van der Waals surface area contributed by atoms with Crippen molar-refractivity contribution in [2.45, 2.75) is 19.3 Å². The Labute approximate surface area is 180 Å². The molecule has 0 fully saturated rings. The normalized spacial score (nSPS) is 14.1. The summed E-state index contributed by atoms with van der Waals surface area (Å²) in [5.74, 6) is 0. The van der Waals surface area contributed by atoms with Gasteiger partial charge >= 0.3 is 0 Å². The van der Waals surface area contributed by atoms with E-state index in [9.17, 15) is 0 Å². The van der Waals surface area contributed by atoms with Crippen LogP contribution in [0, 0.1) is 0 Å². The molecule has 1 aromatic heterocycles. The lowest BCUT2D eigenvalue weighted by atomic mass is 9.82. The topological polar surface area (TPSA) is 27.8 Å². The Morgan fingerprint density at radius 2 is 1.50 bits per heavy atom. The minimum Gasteiger partial charge on any atom is -0.354 e. The molecule has 1 aliphatic carbocycles. The molecule has 0 bridgehead atoms. The summed E-state index contributed by atoms with van der Waals surface area (Å²) >= 11 is 6.31. The molecular weight excluding hydrogens is 388 g/mol. The summed E-state index contributed by atoms with van der Waals surface area (Å²) in [5, 5.41) is 6.93. The number of aromatic amines is 1. The molecule has 6 rings (SSSR count). The van der Waals surface area contributed by atoms with Crippen molar-refractivity contribution >= 4 is 44.8 Å². The summed E-state index contributed by atoms with van der Waals surface area (Å²) in [6.07, 6.45) is 0. The quantitative estimate of drug-likeness (QED) is 0.304. The van der Waals surface area contributed by atoms with Gasteiger partial charge in [0.2, 0.25) is 0 Å². The first kappa shape index (κ1) is 17.6. The Hall–Kier alpha value is -3.23. The smallest absolute Gasteiger partial charge is 0.0704 e. The van der Waals surface area contributed by atoms with E-state index in [2.05, 4.69) is 96.9 Å². The highest BCUT2D eigenvalue weighted by molar-refractivity contribution is 6.30. The molecule has 0 unspecified atom stereocenters. The second-order valence-electron chi connectivity index (χ2n) is 8.60. The number of hydrogen-bond acceptors (Lipinski definition) is 1. The standard InChI is InChI=1S/C27H21ClN2/c1-27(2)22-14-16(28)10-12-18(22)19-13-11-17(15-23(19)27)29-25-9-5-7-21-20-6-3-4-8-24(20)30-26(21)25/h3-15,29-30H,1-2H3. The molecule has 0 aliphatic heterocycles. The zero-order valence-electron chi connectivity index (χ0n) is 16.9. The fourth-order valence-electron chi connectivity index (χ4n) is 4.92. The van der Waals surface area contributed by atoms with Crippen molar-refractivity contribution in [3.8, 4) is 11.1 Å². The predicted octanol–water partition coefficient (Wildman–Crippen LogP) is 8.02. The van der Waals surface area contributed by atoms with Crippen molar-refractivity contribution < 1.29 is 0 Å². The average molecular weight is 409 g/mol. The summed E-state index contributed by atoms with van der Waals surface area (Å²) in [6, 6.07) is 27.8. The number of para-hydroxylation sites is 2. The minimum absolute atomic E-state index is 0.0830. The Morgan fingerprint density at radius 1 is 0.767 bits per heavy atom. The van der Waals surface area contributed by atoms with Crippen LogP contribution in [0.2, 0.25) is 5.02 Å². The van der Waals surface area contributed by atoms with Crippen molar-refractivity contribution in [2.75, 3.05) is 5.32 Å². The third kappa shape index (κ3) is 2.44. The van der Waals surface area contributed by atoms with Crippen molar-refractivity contribution in [1.82, 2.24) is 4.98 Å². The molecule has 30 heavy (non-hydrogen) atoms. The van der Waals surface area contributed by atoms with Gasteiger partial charge in [-0.25, -0.2) is 0 Å². The first-order valence-electron chi connectivity index (χ1n) is 10.2. The van der Waals surface area contributed by atoms with Gasteiger partial charge in [-0.15, -0.1) is 0 Å².